The summed E-state index contributed by atoms with van der Waals surface area (Å²) in [6, 6.07) is 15.6. The van der Waals surface area contributed by atoms with Crippen LogP contribution in [0, 0.1) is 6.92 Å². The number of aliphatic imine (C=N–C) groups is 1. The minimum absolute atomic E-state index is 0.295. The van der Waals surface area contributed by atoms with Gasteiger partial charge in [0.1, 0.15) is 5.82 Å². The molecule has 1 aliphatic heterocycles. The van der Waals surface area contributed by atoms with Gasteiger partial charge in [0.25, 0.3) is 0 Å². The number of rotatable bonds is 2. The van der Waals surface area contributed by atoms with Crippen LogP contribution in [0.3, 0.4) is 0 Å². The molecule has 2 aromatic carbocycles. The van der Waals surface area contributed by atoms with E-state index in [1.807, 2.05) is 60.0 Å². The monoisotopic (exact) mass is 365 g/mol. The van der Waals surface area contributed by atoms with Gasteiger partial charge in [0, 0.05) is 16.1 Å². The van der Waals surface area contributed by atoms with Crippen LogP contribution in [0.4, 0.5) is 0 Å². The van der Waals surface area contributed by atoms with E-state index in [2.05, 4.69) is 4.98 Å². The zero-order chi connectivity index (χ0) is 18.3. The summed E-state index contributed by atoms with van der Waals surface area (Å²) >= 11 is 6.27. The lowest BCUT2D eigenvalue weighted by Crippen LogP contribution is -2.08. The van der Waals surface area contributed by atoms with Crippen LogP contribution < -0.4 is 0 Å². The Bertz CT molecular complexity index is 1040. The molecule has 1 aromatic heterocycles. The van der Waals surface area contributed by atoms with Crippen LogP contribution >= 0.6 is 11.6 Å². The molecule has 0 atom stereocenters. The van der Waals surface area contributed by atoms with Crippen molar-refractivity contribution in [3.05, 3.63) is 81.9 Å². The molecule has 26 heavy (non-hydrogen) atoms. The lowest BCUT2D eigenvalue weighted by molar-refractivity contribution is 0.0593. The molecule has 0 amide bonds. The molecule has 5 nitrogen and oxygen atoms in total. The van der Waals surface area contributed by atoms with E-state index in [9.17, 15) is 4.79 Å². The Kier molecular flexibility index (Phi) is 4.09. The summed E-state index contributed by atoms with van der Waals surface area (Å²) in [4.78, 5) is 21.4. The number of aromatic nitrogens is 2. The molecular formula is C20H16ClN3O2. The van der Waals surface area contributed by atoms with Crippen LogP contribution in [0.5, 0.6) is 0 Å². The molecule has 6 heteroatoms. The Labute approximate surface area is 155 Å². The zero-order valence-corrected chi connectivity index (χ0v) is 15.1. The second-order valence-corrected chi connectivity index (χ2v) is 6.41. The Morgan fingerprint density at radius 1 is 1.19 bits per heavy atom. The van der Waals surface area contributed by atoms with Crippen LogP contribution in [0.25, 0.3) is 5.69 Å². The summed E-state index contributed by atoms with van der Waals surface area (Å²) in [5.74, 6) is 0.240. The van der Waals surface area contributed by atoms with E-state index in [0.717, 1.165) is 22.5 Å². The molecule has 1 aliphatic rings. The van der Waals surface area contributed by atoms with Crippen LogP contribution in [0.15, 0.2) is 53.5 Å². The van der Waals surface area contributed by atoms with E-state index < -0.39 is 5.97 Å². The quantitative estimate of drug-likeness (QED) is 0.645. The Hall–Kier alpha value is -2.92. The number of carbonyl (C=O) groups is 1. The van der Waals surface area contributed by atoms with Crippen molar-refractivity contribution in [2.75, 3.05) is 7.11 Å². The normalized spacial score (nSPS) is 12.7. The highest BCUT2D eigenvalue weighted by molar-refractivity contribution is 6.31. The van der Waals surface area contributed by atoms with Crippen LogP contribution in [-0.4, -0.2) is 28.3 Å². The predicted octanol–water partition coefficient (Wildman–Crippen LogP) is 3.97. The Morgan fingerprint density at radius 2 is 1.96 bits per heavy atom. The number of hydrogen-bond acceptors (Lipinski definition) is 4. The van der Waals surface area contributed by atoms with Crippen molar-refractivity contribution in [3.8, 4) is 5.69 Å². The van der Waals surface area contributed by atoms with Crippen molar-refractivity contribution >= 4 is 23.3 Å². The van der Waals surface area contributed by atoms with Crippen molar-refractivity contribution in [2.45, 2.75) is 13.5 Å². The smallest absolute Gasteiger partial charge is 0.358 e. The van der Waals surface area contributed by atoms with Gasteiger partial charge in [-0.15, -0.1) is 0 Å². The summed E-state index contributed by atoms with van der Waals surface area (Å²) in [5.41, 5.74) is 4.63. The Morgan fingerprint density at radius 3 is 2.69 bits per heavy atom. The fourth-order valence-electron chi connectivity index (χ4n) is 3.28. The molecule has 3 aromatic rings. The molecule has 4 rings (SSSR count). The number of ether oxygens (including phenoxy) is 1. The largest absolute Gasteiger partial charge is 0.464 e. The fourth-order valence-corrected chi connectivity index (χ4v) is 3.45. The number of benzene rings is 2. The third-order valence-corrected chi connectivity index (χ3v) is 4.64. The zero-order valence-electron chi connectivity index (χ0n) is 14.4. The average Bonchev–Trinajstić information content (AvgIpc) is 2.89. The number of fused-ring (bicyclic) bond motifs is 3. The van der Waals surface area contributed by atoms with Gasteiger partial charge in [-0.25, -0.2) is 9.78 Å². The first-order chi connectivity index (χ1) is 12.6. The van der Waals surface area contributed by atoms with E-state index in [0.29, 0.717) is 28.8 Å². The topological polar surface area (TPSA) is 56.5 Å². The summed E-state index contributed by atoms with van der Waals surface area (Å²) < 4.78 is 6.85. The lowest BCUT2D eigenvalue weighted by atomic mass is 10.0. The van der Waals surface area contributed by atoms with Gasteiger partial charge in [-0.3, -0.25) is 9.56 Å². The maximum Gasteiger partial charge on any atom is 0.358 e. The van der Waals surface area contributed by atoms with Crippen LogP contribution in [0.1, 0.15) is 33.1 Å². The molecule has 0 fully saturated rings. The molecular weight excluding hydrogens is 350 g/mol. The highest BCUT2D eigenvalue weighted by atomic mass is 35.5. The SMILES string of the molecule is COC(=O)c1nc(C)n2c1CN=C(c1ccccc1)c1cc(Cl)ccc1-2. The number of esters is 1. The molecule has 0 unspecified atom stereocenters. The maximum atomic E-state index is 12.2. The molecule has 0 aliphatic carbocycles. The van der Waals surface area contributed by atoms with E-state index >= 15 is 0 Å². The van der Waals surface area contributed by atoms with Crippen molar-refractivity contribution in [1.82, 2.24) is 9.55 Å². The third-order valence-electron chi connectivity index (χ3n) is 4.41. The molecule has 0 N–H and O–H groups in total. The molecule has 0 saturated carbocycles. The van der Waals surface area contributed by atoms with Crippen molar-refractivity contribution in [3.63, 3.8) is 0 Å². The van der Waals surface area contributed by atoms with Gasteiger partial charge in [0.15, 0.2) is 5.69 Å². The molecule has 130 valence electrons. The number of halogens is 1. The van der Waals surface area contributed by atoms with E-state index in [1.54, 1.807) is 0 Å². The highest BCUT2D eigenvalue weighted by Crippen LogP contribution is 2.30. The summed E-state index contributed by atoms with van der Waals surface area (Å²) in [6.45, 7) is 2.18. The lowest BCUT2D eigenvalue weighted by Gasteiger charge is -2.13. The Balaban J connectivity index is 2.01. The number of carbonyl (C=O) groups excluding carboxylic acids is 1. The molecule has 0 spiro atoms. The summed E-state index contributed by atoms with van der Waals surface area (Å²) in [5, 5.41) is 0.627. The number of methoxy groups -OCH3 is 1. The summed E-state index contributed by atoms with van der Waals surface area (Å²) in [6.07, 6.45) is 0. The maximum absolute atomic E-state index is 12.2. The van der Waals surface area contributed by atoms with Gasteiger partial charge >= 0.3 is 5.97 Å². The number of hydrogen-bond donors (Lipinski definition) is 0. The average molecular weight is 366 g/mol. The van der Waals surface area contributed by atoms with Gasteiger partial charge in [0.05, 0.1) is 30.7 Å². The van der Waals surface area contributed by atoms with Crippen molar-refractivity contribution < 1.29 is 9.53 Å². The number of imidazole rings is 1. The van der Waals surface area contributed by atoms with Crippen molar-refractivity contribution in [1.29, 1.82) is 0 Å². The van der Waals surface area contributed by atoms with Gasteiger partial charge in [0.2, 0.25) is 0 Å². The van der Waals surface area contributed by atoms with Gasteiger partial charge in [-0.05, 0) is 25.1 Å². The first-order valence-corrected chi connectivity index (χ1v) is 8.54. The summed E-state index contributed by atoms with van der Waals surface area (Å²) in [7, 11) is 1.35. The molecule has 0 radical (unpaired) electrons. The first-order valence-electron chi connectivity index (χ1n) is 8.17. The van der Waals surface area contributed by atoms with E-state index in [1.165, 1.54) is 7.11 Å². The number of nitrogens with zero attached hydrogens (tertiary/aromatic N) is 3. The third kappa shape index (κ3) is 2.61. The second kappa shape index (κ2) is 6.42. The van der Waals surface area contributed by atoms with Gasteiger partial charge in [-0.1, -0.05) is 41.9 Å². The fraction of sp³-hybridized carbons (Fsp3) is 0.150. The number of aryl methyl sites for hydroxylation is 1. The first kappa shape index (κ1) is 16.5. The van der Waals surface area contributed by atoms with Crippen molar-refractivity contribution in [2.24, 2.45) is 4.99 Å². The molecule has 0 bridgehead atoms. The minimum atomic E-state index is -0.462. The second-order valence-electron chi connectivity index (χ2n) is 5.97. The van der Waals surface area contributed by atoms with Gasteiger partial charge < -0.3 is 4.74 Å². The van der Waals surface area contributed by atoms with E-state index in [-0.39, 0.29) is 0 Å². The van der Waals surface area contributed by atoms with Gasteiger partial charge in [-0.2, -0.15) is 0 Å². The molecule has 0 saturated heterocycles. The predicted molar refractivity (Wildman–Crippen MR) is 100 cm³/mol. The van der Waals surface area contributed by atoms with E-state index in [4.69, 9.17) is 21.3 Å². The van der Waals surface area contributed by atoms with Crippen LogP contribution in [0.2, 0.25) is 5.02 Å². The minimum Gasteiger partial charge on any atom is -0.464 e. The standard InChI is InChI=1S/C20H16ClN3O2/c1-12-23-19(20(25)26-2)17-11-22-18(13-6-4-3-5-7-13)15-10-14(21)8-9-16(15)24(12)17/h3-10H,11H2,1-2H3. The highest BCUT2D eigenvalue weighted by Gasteiger charge is 2.27. The molecule has 2 heterocycles. The van der Waals surface area contributed by atoms with Crippen LogP contribution in [-0.2, 0) is 11.3 Å².